The minimum absolute atomic E-state index is 0.0609. The molecule has 1 spiro atoms. The Morgan fingerprint density at radius 2 is 1.68 bits per heavy atom. The average Bonchev–Trinajstić information content (AvgIpc) is 3.88. The molecule has 372 valence electrons. The van der Waals surface area contributed by atoms with E-state index in [1.165, 1.54) is 23.8 Å². The van der Waals surface area contributed by atoms with Gasteiger partial charge in [-0.05, 0) is 139 Å². The molecule has 11 nitrogen and oxygen atoms in total. The van der Waals surface area contributed by atoms with Crippen LogP contribution in [0.3, 0.4) is 0 Å². The van der Waals surface area contributed by atoms with Crippen LogP contribution in [0, 0.1) is 17.8 Å². The first-order valence-corrected chi connectivity index (χ1v) is 25.7. The van der Waals surface area contributed by atoms with Crippen LogP contribution in [0.1, 0.15) is 139 Å². The number of aliphatic hydroxyl groups excluding tert-OH is 3. The summed E-state index contributed by atoms with van der Waals surface area (Å²) in [5.41, 5.74) is 5.65. The van der Waals surface area contributed by atoms with E-state index in [1.807, 2.05) is 6.07 Å². The number of hydrogen-bond donors (Lipinski definition) is 3. The van der Waals surface area contributed by atoms with Gasteiger partial charge in [-0.25, -0.2) is 9.59 Å². The fraction of sp³-hybridized carbons (Fsp3) is 0.450. The van der Waals surface area contributed by atoms with Crippen molar-refractivity contribution in [3.05, 3.63) is 169 Å². The summed E-state index contributed by atoms with van der Waals surface area (Å²) in [6, 6.07) is 31.4. The third-order valence-corrected chi connectivity index (χ3v) is 16.6. The zero-order valence-electron chi connectivity index (χ0n) is 40.9. The van der Waals surface area contributed by atoms with E-state index < -0.39 is 47.9 Å². The van der Waals surface area contributed by atoms with Gasteiger partial charge in [0.1, 0.15) is 11.3 Å². The fourth-order valence-electron chi connectivity index (χ4n) is 13.2. The molecule has 2 bridgehead atoms. The molecule has 3 aliphatic heterocycles. The van der Waals surface area contributed by atoms with E-state index in [0.29, 0.717) is 47.1 Å². The fourth-order valence-corrected chi connectivity index (χ4v) is 13.2. The van der Waals surface area contributed by atoms with Crippen LogP contribution in [0.2, 0.25) is 0 Å². The number of fused-ring (bicyclic) bond motifs is 13. The predicted molar refractivity (Wildman–Crippen MR) is 269 cm³/mol. The van der Waals surface area contributed by atoms with E-state index in [-0.39, 0.29) is 79.0 Å². The number of benzene rings is 4. The van der Waals surface area contributed by atoms with Crippen LogP contribution in [0.4, 0.5) is 0 Å². The first kappa shape index (κ1) is 48.8. The molecule has 3 N–H and O–H groups in total. The molecule has 0 saturated heterocycles. The maximum atomic E-state index is 15.3. The van der Waals surface area contributed by atoms with Gasteiger partial charge in [-0.2, -0.15) is 0 Å². The van der Waals surface area contributed by atoms with E-state index in [1.54, 1.807) is 19.1 Å². The predicted octanol–water partition coefficient (Wildman–Crippen LogP) is 10.0. The van der Waals surface area contributed by atoms with Crippen molar-refractivity contribution < 1.29 is 48.3 Å². The van der Waals surface area contributed by atoms with E-state index in [2.05, 4.69) is 84.9 Å². The van der Waals surface area contributed by atoms with Gasteiger partial charge in [-0.3, -0.25) is 4.79 Å². The Labute approximate surface area is 415 Å². The van der Waals surface area contributed by atoms with Crippen molar-refractivity contribution in [3.63, 3.8) is 0 Å². The summed E-state index contributed by atoms with van der Waals surface area (Å²) in [6.07, 6.45) is 9.30. The minimum Gasteiger partial charge on any atom is -0.482 e. The van der Waals surface area contributed by atoms with Crippen molar-refractivity contribution in [1.29, 1.82) is 0 Å². The third-order valence-electron chi connectivity index (χ3n) is 16.6. The highest BCUT2D eigenvalue weighted by Crippen LogP contribution is 2.57. The third kappa shape index (κ3) is 9.54. The number of ether oxygens (including phenoxy) is 4. The zero-order chi connectivity index (χ0) is 49.2. The Bertz CT molecular complexity index is 2860. The molecule has 2 fully saturated rings. The lowest BCUT2D eigenvalue weighted by Crippen LogP contribution is -2.61. The molecule has 11 rings (SSSR count). The second-order valence-corrected chi connectivity index (χ2v) is 20.7. The molecule has 1 aromatic heterocycles. The number of carbonyl (C=O) groups is 2. The Hall–Kier alpha value is -5.85. The van der Waals surface area contributed by atoms with Gasteiger partial charge in [0, 0.05) is 54.9 Å². The number of rotatable bonds is 10. The topological polar surface area (TPSA) is 162 Å². The summed E-state index contributed by atoms with van der Waals surface area (Å²) in [7, 11) is 1.51. The summed E-state index contributed by atoms with van der Waals surface area (Å²) in [4.78, 5) is 44.7. The Balaban J connectivity index is 1.11. The lowest BCUT2D eigenvalue weighted by molar-refractivity contribution is -0.205. The molecule has 4 aromatic carbocycles. The first-order valence-electron chi connectivity index (χ1n) is 25.7. The molecule has 0 radical (unpaired) electrons. The van der Waals surface area contributed by atoms with Crippen LogP contribution in [-0.4, -0.2) is 65.9 Å². The zero-order valence-corrected chi connectivity index (χ0v) is 40.9. The van der Waals surface area contributed by atoms with E-state index in [0.717, 1.165) is 56.1 Å². The average molecular weight is 963 g/mol. The Morgan fingerprint density at radius 1 is 0.859 bits per heavy atom. The van der Waals surface area contributed by atoms with Crippen molar-refractivity contribution in [2.75, 3.05) is 26.9 Å². The molecule has 6 aliphatic rings. The van der Waals surface area contributed by atoms with E-state index in [9.17, 15) is 20.1 Å². The summed E-state index contributed by atoms with van der Waals surface area (Å²) in [5, 5.41) is 32.0. The lowest BCUT2D eigenvalue weighted by Gasteiger charge is -2.52. The highest BCUT2D eigenvalue weighted by Gasteiger charge is 2.61. The maximum Gasteiger partial charge on any atom is 0.340 e. The number of carbonyl (C=O) groups excluding carboxylic acids is 2. The van der Waals surface area contributed by atoms with Gasteiger partial charge in [0.2, 0.25) is 0 Å². The first-order chi connectivity index (χ1) is 34.6. The van der Waals surface area contributed by atoms with Gasteiger partial charge >= 0.3 is 17.6 Å². The summed E-state index contributed by atoms with van der Waals surface area (Å²) in [5.74, 6) is -1.19. The maximum absolute atomic E-state index is 15.3. The van der Waals surface area contributed by atoms with Gasteiger partial charge in [0.05, 0.1) is 25.4 Å². The van der Waals surface area contributed by atoms with Gasteiger partial charge in [-0.15, -0.1) is 0 Å². The molecule has 2 saturated carbocycles. The molecular formula is C60H66O11. The summed E-state index contributed by atoms with van der Waals surface area (Å²) in [6.45, 7) is 0.726. The molecule has 0 amide bonds. The molecular weight excluding hydrogens is 897 g/mol. The number of aryl methyl sites for hydroxylation is 1. The summed E-state index contributed by atoms with van der Waals surface area (Å²) < 4.78 is 32.9. The molecule has 9 unspecified atom stereocenters. The second-order valence-electron chi connectivity index (χ2n) is 20.7. The standard InChI is InChI=1S/C60H66O11/c1-36(33-62)46-22-18-37-16-19-40(20-17-37)47-23-21-43(42-13-6-11-39(30-42)29-38-9-4-3-5-10-38)31-45(47)32-52(64)68-56-54-51(71-60(57(56)70-58(46)65)27-8-14-41-12-7-15-50(41)60)25-24-48-49(34-63)53(59(66)69-55(48)54)44(26-28-61)35-67-2/h3-6,8-11,13-14,16-17,19-20,24-25,30,41,43-45,47,50,56-57,61-63H,7,12,15,18,21-23,26-29,31-35H2,1-2H3. The van der Waals surface area contributed by atoms with E-state index >= 15 is 9.59 Å². The number of esters is 2. The second kappa shape index (κ2) is 21.1. The largest absolute Gasteiger partial charge is 0.482 e. The molecule has 9 atom stereocenters. The number of methoxy groups -OCH3 is 1. The minimum atomic E-state index is -1.30. The van der Waals surface area contributed by atoms with Gasteiger partial charge in [-0.1, -0.05) is 97.4 Å². The molecule has 4 heterocycles. The monoisotopic (exact) mass is 962 g/mol. The van der Waals surface area contributed by atoms with Gasteiger partial charge in [0.15, 0.2) is 17.8 Å². The van der Waals surface area contributed by atoms with Gasteiger partial charge < -0.3 is 38.7 Å². The summed E-state index contributed by atoms with van der Waals surface area (Å²) >= 11 is 0. The Kier molecular flexibility index (Phi) is 14.5. The number of hydrogen-bond acceptors (Lipinski definition) is 11. The van der Waals surface area contributed by atoms with Crippen LogP contribution < -0.4 is 10.4 Å². The molecule has 3 aliphatic carbocycles. The molecule has 5 aromatic rings. The highest BCUT2D eigenvalue weighted by molar-refractivity contribution is 5.90. The lowest BCUT2D eigenvalue weighted by atomic mass is 9.67. The van der Waals surface area contributed by atoms with E-state index in [4.69, 9.17) is 23.4 Å². The Morgan fingerprint density at radius 3 is 2.45 bits per heavy atom. The number of allylic oxidation sites excluding steroid dienone is 1. The SMILES string of the molecule is COCC(CCO)c1c(CO)c2ccc3c(c2oc1=O)C1OC(=O)CC2CC(c4cccc(Cc5ccccc5)c4)CCC2c2ccc(cc2)CCC(=C(C)CO)C(=O)OC1C1(CC=CC2CCCC21)O3. The van der Waals surface area contributed by atoms with Crippen molar-refractivity contribution in [3.8, 4) is 5.75 Å². The van der Waals surface area contributed by atoms with Gasteiger partial charge in [0.25, 0.3) is 0 Å². The van der Waals surface area contributed by atoms with Crippen molar-refractivity contribution in [2.45, 2.75) is 126 Å². The van der Waals surface area contributed by atoms with Crippen LogP contribution in [0.15, 0.2) is 124 Å². The normalized spacial score (nSPS) is 27.5. The van der Waals surface area contributed by atoms with Crippen molar-refractivity contribution in [1.82, 2.24) is 0 Å². The van der Waals surface area contributed by atoms with Crippen LogP contribution in [0.5, 0.6) is 5.75 Å². The van der Waals surface area contributed by atoms with Crippen molar-refractivity contribution >= 4 is 22.9 Å². The van der Waals surface area contributed by atoms with Crippen LogP contribution in [0.25, 0.3) is 11.0 Å². The van der Waals surface area contributed by atoms with Crippen molar-refractivity contribution in [2.24, 2.45) is 17.8 Å². The van der Waals surface area contributed by atoms with Crippen LogP contribution >= 0.6 is 0 Å². The number of aliphatic hydroxyl groups is 3. The van der Waals surface area contributed by atoms with Crippen LogP contribution in [-0.2, 0) is 43.2 Å². The molecule has 71 heavy (non-hydrogen) atoms. The quantitative estimate of drug-likeness (QED) is 0.0529. The highest BCUT2D eigenvalue weighted by atomic mass is 16.6. The molecule has 11 heteroatoms. The smallest absolute Gasteiger partial charge is 0.340 e.